The van der Waals surface area contributed by atoms with Gasteiger partial charge in [0.2, 0.25) is 0 Å². The van der Waals surface area contributed by atoms with Crippen molar-refractivity contribution in [3.8, 4) is 0 Å². The summed E-state index contributed by atoms with van der Waals surface area (Å²) in [5.41, 5.74) is 0. The molecule has 1 heterocycles. The minimum absolute atomic E-state index is 0.296. The summed E-state index contributed by atoms with van der Waals surface area (Å²) in [5, 5.41) is 12.4. The Morgan fingerprint density at radius 3 is 2.32 bits per heavy atom. The third kappa shape index (κ3) is 6.58. The Kier molecular flexibility index (Phi) is 6.56. The van der Waals surface area contributed by atoms with Crippen LogP contribution >= 0.6 is 0 Å². The Bertz CT molecular complexity index is 251. The van der Waals surface area contributed by atoms with E-state index >= 15 is 0 Å². The molecule has 1 aliphatic rings. The summed E-state index contributed by atoms with van der Waals surface area (Å²) in [5.74, 6) is 1.15. The van der Waals surface area contributed by atoms with Crippen LogP contribution in [0.5, 0.6) is 0 Å². The van der Waals surface area contributed by atoms with E-state index in [-0.39, 0.29) is 6.54 Å². The number of halogens is 3. The SMILES string of the molecule is CC(C)CNCC1CCN(CC(O)C(F)(F)F)CC1. The van der Waals surface area contributed by atoms with E-state index in [1.54, 1.807) is 4.90 Å². The van der Waals surface area contributed by atoms with E-state index in [1.807, 2.05) is 0 Å². The van der Waals surface area contributed by atoms with E-state index in [2.05, 4.69) is 19.2 Å². The van der Waals surface area contributed by atoms with Gasteiger partial charge in [-0.3, -0.25) is 0 Å². The number of alkyl halides is 3. The van der Waals surface area contributed by atoms with E-state index in [1.165, 1.54) is 0 Å². The summed E-state index contributed by atoms with van der Waals surface area (Å²) in [7, 11) is 0. The molecule has 0 aromatic rings. The molecule has 0 radical (unpaired) electrons. The summed E-state index contributed by atoms with van der Waals surface area (Å²) in [6.45, 7) is 7.20. The van der Waals surface area contributed by atoms with Crippen molar-refractivity contribution < 1.29 is 18.3 Å². The molecule has 1 fully saturated rings. The fraction of sp³-hybridized carbons (Fsp3) is 1.00. The number of piperidine rings is 1. The smallest absolute Gasteiger partial charge is 0.382 e. The van der Waals surface area contributed by atoms with Crippen molar-refractivity contribution in [3.63, 3.8) is 0 Å². The van der Waals surface area contributed by atoms with Gasteiger partial charge in [-0.05, 0) is 50.9 Å². The molecule has 6 heteroatoms. The third-order valence-electron chi connectivity index (χ3n) is 3.50. The molecule has 1 atom stereocenters. The van der Waals surface area contributed by atoms with Gasteiger partial charge in [0.1, 0.15) is 0 Å². The van der Waals surface area contributed by atoms with Gasteiger partial charge in [0.25, 0.3) is 0 Å². The van der Waals surface area contributed by atoms with Crippen LogP contribution in [0.1, 0.15) is 26.7 Å². The number of nitrogens with one attached hydrogen (secondary N) is 1. The van der Waals surface area contributed by atoms with Gasteiger partial charge in [-0.1, -0.05) is 13.8 Å². The van der Waals surface area contributed by atoms with Crippen molar-refractivity contribution in [1.82, 2.24) is 10.2 Å². The summed E-state index contributed by atoms with van der Waals surface area (Å²) in [6.07, 6.45) is -4.93. The first-order chi connectivity index (χ1) is 8.79. The molecule has 1 rings (SSSR count). The molecule has 3 nitrogen and oxygen atoms in total. The summed E-state index contributed by atoms with van der Waals surface area (Å²) in [6, 6.07) is 0. The van der Waals surface area contributed by atoms with Crippen molar-refractivity contribution in [3.05, 3.63) is 0 Å². The predicted octanol–water partition coefficient (Wildman–Crippen LogP) is 1.87. The maximum absolute atomic E-state index is 12.2. The minimum Gasteiger partial charge on any atom is -0.382 e. The van der Waals surface area contributed by atoms with Crippen LogP contribution in [0.2, 0.25) is 0 Å². The lowest BCUT2D eigenvalue weighted by molar-refractivity contribution is -0.208. The number of hydrogen-bond donors (Lipinski definition) is 2. The monoisotopic (exact) mass is 282 g/mol. The zero-order valence-electron chi connectivity index (χ0n) is 11.7. The maximum atomic E-state index is 12.2. The average molecular weight is 282 g/mol. The largest absolute Gasteiger partial charge is 0.415 e. The lowest BCUT2D eigenvalue weighted by atomic mass is 9.96. The van der Waals surface area contributed by atoms with Gasteiger partial charge in [0.15, 0.2) is 6.10 Å². The van der Waals surface area contributed by atoms with Crippen molar-refractivity contribution >= 4 is 0 Å². The topological polar surface area (TPSA) is 35.5 Å². The van der Waals surface area contributed by atoms with Crippen LogP contribution in [0, 0.1) is 11.8 Å². The molecule has 0 amide bonds. The van der Waals surface area contributed by atoms with Gasteiger partial charge in [-0.25, -0.2) is 0 Å². The first-order valence-corrected chi connectivity index (χ1v) is 6.97. The van der Waals surface area contributed by atoms with E-state index in [4.69, 9.17) is 5.11 Å². The van der Waals surface area contributed by atoms with Crippen LogP contribution in [-0.2, 0) is 0 Å². The Hall–Kier alpha value is -0.330. The van der Waals surface area contributed by atoms with Crippen LogP contribution in [0.4, 0.5) is 13.2 Å². The van der Waals surface area contributed by atoms with Crippen molar-refractivity contribution in [1.29, 1.82) is 0 Å². The molecule has 0 aromatic heterocycles. The molecule has 0 bridgehead atoms. The highest BCUT2D eigenvalue weighted by atomic mass is 19.4. The zero-order valence-corrected chi connectivity index (χ0v) is 11.7. The lowest BCUT2D eigenvalue weighted by Gasteiger charge is -2.33. The standard InChI is InChI=1S/C13H25F3N2O/c1-10(2)7-17-8-11-3-5-18(6-4-11)9-12(19)13(14,15)16/h10-12,17,19H,3-9H2,1-2H3. The van der Waals surface area contributed by atoms with Crippen LogP contribution < -0.4 is 5.32 Å². The first-order valence-electron chi connectivity index (χ1n) is 6.97. The predicted molar refractivity (Wildman–Crippen MR) is 68.9 cm³/mol. The molecule has 0 saturated carbocycles. The molecule has 1 saturated heterocycles. The highest BCUT2D eigenvalue weighted by molar-refractivity contribution is 4.78. The molecular weight excluding hydrogens is 257 g/mol. The highest BCUT2D eigenvalue weighted by Crippen LogP contribution is 2.23. The highest BCUT2D eigenvalue weighted by Gasteiger charge is 2.39. The van der Waals surface area contributed by atoms with Crippen LogP contribution in [0.25, 0.3) is 0 Å². The number of likely N-dealkylation sites (tertiary alicyclic amines) is 1. The summed E-state index contributed by atoms with van der Waals surface area (Å²) in [4.78, 5) is 1.71. The number of aliphatic hydroxyl groups excluding tert-OH is 1. The molecule has 2 N–H and O–H groups in total. The van der Waals surface area contributed by atoms with Gasteiger partial charge in [-0.2, -0.15) is 13.2 Å². The molecule has 0 aromatic carbocycles. The van der Waals surface area contributed by atoms with Gasteiger partial charge >= 0.3 is 6.18 Å². The Morgan fingerprint density at radius 1 is 1.26 bits per heavy atom. The number of β-amino-alcohol motifs (C(OH)–C–C–N with tert-alkyl or cyclic N) is 1. The second-order valence-corrected chi connectivity index (χ2v) is 5.85. The quantitative estimate of drug-likeness (QED) is 0.780. The van der Waals surface area contributed by atoms with E-state index < -0.39 is 12.3 Å². The second kappa shape index (κ2) is 7.45. The van der Waals surface area contributed by atoms with Gasteiger partial charge < -0.3 is 15.3 Å². The summed E-state index contributed by atoms with van der Waals surface area (Å²) >= 11 is 0. The number of rotatable bonds is 6. The van der Waals surface area contributed by atoms with E-state index in [9.17, 15) is 13.2 Å². The number of nitrogens with zero attached hydrogens (tertiary/aromatic N) is 1. The van der Waals surface area contributed by atoms with E-state index in [0.717, 1.165) is 25.9 Å². The second-order valence-electron chi connectivity index (χ2n) is 5.85. The number of hydrogen-bond acceptors (Lipinski definition) is 3. The normalized spacial score (nSPS) is 21.0. The third-order valence-corrected chi connectivity index (χ3v) is 3.50. The Labute approximate surface area is 113 Å². The molecule has 1 unspecified atom stereocenters. The molecule has 0 spiro atoms. The molecule has 0 aliphatic carbocycles. The number of aliphatic hydroxyl groups is 1. The summed E-state index contributed by atoms with van der Waals surface area (Å²) < 4.78 is 36.7. The first kappa shape index (κ1) is 16.7. The van der Waals surface area contributed by atoms with Gasteiger partial charge in [0, 0.05) is 6.54 Å². The van der Waals surface area contributed by atoms with Gasteiger partial charge in [-0.15, -0.1) is 0 Å². The average Bonchev–Trinajstić information content (AvgIpc) is 2.29. The van der Waals surface area contributed by atoms with Gasteiger partial charge in [0.05, 0.1) is 0 Å². The van der Waals surface area contributed by atoms with Crippen molar-refractivity contribution in [2.24, 2.45) is 11.8 Å². The van der Waals surface area contributed by atoms with E-state index in [0.29, 0.717) is 24.9 Å². The Balaban J connectivity index is 2.18. The molecular formula is C13H25F3N2O. The lowest BCUT2D eigenvalue weighted by Crippen LogP contribution is -2.45. The fourth-order valence-corrected chi connectivity index (χ4v) is 2.30. The fourth-order valence-electron chi connectivity index (χ4n) is 2.30. The van der Waals surface area contributed by atoms with Crippen LogP contribution in [0.3, 0.4) is 0 Å². The Morgan fingerprint density at radius 2 is 1.84 bits per heavy atom. The minimum atomic E-state index is -4.50. The molecule has 1 aliphatic heterocycles. The van der Waals surface area contributed by atoms with Crippen LogP contribution in [-0.4, -0.2) is 55.0 Å². The van der Waals surface area contributed by atoms with Crippen LogP contribution in [0.15, 0.2) is 0 Å². The van der Waals surface area contributed by atoms with Crippen molar-refractivity contribution in [2.75, 3.05) is 32.7 Å². The molecule has 114 valence electrons. The molecule has 19 heavy (non-hydrogen) atoms. The maximum Gasteiger partial charge on any atom is 0.415 e. The van der Waals surface area contributed by atoms with Crippen molar-refractivity contribution in [2.45, 2.75) is 39.0 Å². The zero-order chi connectivity index (χ0) is 14.5.